The predicted molar refractivity (Wildman–Crippen MR) is 121 cm³/mol. The smallest absolute Gasteiger partial charge is 0.244 e. The fourth-order valence-corrected chi connectivity index (χ4v) is 4.74. The molecular weight excluding hydrogens is 424 g/mol. The Balaban J connectivity index is 1.81. The molecule has 0 bridgehead atoms. The molecule has 2 aromatic rings. The third kappa shape index (κ3) is 5.55. The highest BCUT2D eigenvalue weighted by Crippen LogP contribution is 2.32. The maximum atomic E-state index is 13.1. The Morgan fingerprint density at radius 2 is 1.97 bits per heavy atom. The summed E-state index contributed by atoms with van der Waals surface area (Å²) in [5.41, 5.74) is 3.16. The number of nitrogens with zero attached hydrogens (tertiary/aromatic N) is 4. The Hall–Kier alpha value is -1.59. The molecule has 0 saturated carbocycles. The first-order chi connectivity index (χ1) is 14.2. The van der Waals surface area contributed by atoms with E-state index in [1.165, 1.54) is 18.4 Å². The zero-order valence-corrected chi connectivity index (χ0v) is 19.7. The Kier molecular flexibility index (Phi) is 7.46. The van der Waals surface area contributed by atoms with E-state index in [-0.39, 0.29) is 12.5 Å². The first kappa shape index (κ1) is 23.1. The maximum absolute atomic E-state index is 13.1. The Morgan fingerprint density at radius 3 is 2.63 bits per heavy atom. The molecule has 0 aliphatic carbocycles. The van der Waals surface area contributed by atoms with Gasteiger partial charge < -0.3 is 4.74 Å². The molecule has 0 atom stereocenters. The van der Waals surface area contributed by atoms with Crippen molar-refractivity contribution < 1.29 is 17.9 Å². The second-order valence-corrected chi connectivity index (χ2v) is 10.8. The van der Waals surface area contributed by atoms with Gasteiger partial charge in [-0.25, -0.2) is 13.4 Å². The standard InChI is InChI=1S/C20H30N4O4S2/c1-15-6-7-17-19(16(15)2)21-20(29-17)24(18(25)14-22(3)30(4,26)27)9-5-8-23-10-12-28-13-11-23/h6-7H,5,8-14H2,1-4H3. The van der Waals surface area contributed by atoms with Crippen LogP contribution in [0.4, 0.5) is 5.13 Å². The lowest BCUT2D eigenvalue weighted by molar-refractivity contribution is -0.118. The largest absolute Gasteiger partial charge is 0.379 e. The van der Waals surface area contributed by atoms with Gasteiger partial charge in [0.05, 0.1) is 36.2 Å². The van der Waals surface area contributed by atoms with E-state index in [9.17, 15) is 13.2 Å². The van der Waals surface area contributed by atoms with Crippen LogP contribution in [0.25, 0.3) is 10.2 Å². The van der Waals surface area contributed by atoms with Crippen LogP contribution in [0.5, 0.6) is 0 Å². The molecule has 1 aromatic carbocycles. The second-order valence-electron chi connectivity index (χ2n) is 7.72. The van der Waals surface area contributed by atoms with E-state index in [2.05, 4.69) is 11.0 Å². The minimum Gasteiger partial charge on any atom is -0.379 e. The van der Waals surface area contributed by atoms with Gasteiger partial charge in [0, 0.05) is 33.2 Å². The van der Waals surface area contributed by atoms with E-state index in [0.717, 1.165) is 71.2 Å². The number of aryl methyl sites for hydroxylation is 2. The number of aromatic nitrogens is 1. The highest BCUT2D eigenvalue weighted by atomic mass is 32.2. The van der Waals surface area contributed by atoms with Gasteiger partial charge >= 0.3 is 0 Å². The SMILES string of the molecule is Cc1ccc2sc(N(CCCN3CCOCC3)C(=O)CN(C)S(C)(=O)=O)nc2c1C. The van der Waals surface area contributed by atoms with Crippen molar-refractivity contribution in [2.45, 2.75) is 20.3 Å². The molecule has 0 unspecified atom stereocenters. The van der Waals surface area contributed by atoms with Crippen LogP contribution in [0.2, 0.25) is 0 Å². The number of hydrogen-bond donors (Lipinski definition) is 0. The number of fused-ring (bicyclic) bond motifs is 1. The third-order valence-corrected chi connectivity index (χ3v) is 7.79. The van der Waals surface area contributed by atoms with Gasteiger partial charge in [0.2, 0.25) is 15.9 Å². The molecule has 1 aromatic heterocycles. The molecule has 166 valence electrons. The van der Waals surface area contributed by atoms with Gasteiger partial charge in [0.15, 0.2) is 5.13 Å². The molecule has 30 heavy (non-hydrogen) atoms. The molecule has 1 aliphatic rings. The first-order valence-electron chi connectivity index (χ1n) is 10.1. The molecule has 0 spiro atoms. The molecule has 1 aliphatic heterocycles. The summed E-state index contributed by atoms with van der Waals surface area (Å²) < 4.78 is 31.1. The predicted octanol–water partition coefficient (Wildman–Crippen LogP) is 1.86. The number of amides is 1. The van der Waals surface area contributed by atoms with Crippen molar-refractivity contribution in [3.05, 3.63) is 23.3 Å². The number of carbonyl (C=O) groups excluding carboxylic acids is 1. The Morgan fingerprint density at radius 1 is 1.27 bits per heavy atom. The number of morpholine rings is 1. The van der Waals surface area contributed by atoms with Crippen LogP contribution in [0.1, 0.15) is 17.5 Å². The number of ether oxygens (including phenoxy) is 1. The van der Waals surface area contributed by atoms with Crippen molar-refractivity contribution in [3.8, 4) is 0 Å². The minimum absolute atomic E-state index is 0.204. The topological polar surface area (TPSA) is 83.0 Å². The van der Waals surface area contributed by atoms with Gasteiger partial charge in [0.1, 0.15) is 0 Å². The van der Waals surface area contributed by atoms with Crippen LogP contribution >= 0.6 is 11.3 Å². The van der Waals surface area contributed by atoms with Gasteiger partial charge in [-0.05, 0) is 37.5 Å². The number of carbonyl (C=O) groups is 1. The summed E-state index contributed by atoms with van der Waals surface area (Å²) in [4.78, 5) is 21.8. The van der Waals surface area contributed by atoms with E-state index in [1.807, 2.05) is 19.9 Å². The molecule has 2 heterocycles. The number of likely N-dealkylation sites (N-methyl/N-ethyl adjacent to an activating group) is 1. The van der Waals surface area contributed by atoms with E-state index >= 15 is 0 Å². The van der Waals surface area contributed by atoms with Crippen molar-refractivity contribution in [3.63, 3.8) is 0 Å². The quantitative estimate of drug-likeness (QED) is 0.606. The van der Waals surface area contributed by atoms with Gasteiger partial charge in [-0.1, -0.05) is 17.4 Å². The third-order valence-electron chi connectivity index (χ3n) is 5.49. The molecule has 0 radical (unpaired) electrons. The van der Waals surface area contributed by atoms with Crippen molar-refractivity contribution in [2.75, 3.05) is 64.1 Å². The van der Waals surface area contributed by atoms with E-state index in [0.29, 0.717) is 11.7 Å². The molecule has 8 nitrogen and oxygen atoms in total. The monoisotopic (exact) mass is 454 g/mol. The molecule has 0 N–H and O–H groups in total. The molecule has 1 saturated heterocycles. The number of rotatable bonds is 8. The van der Waals surface area contributed by atoms with E-state index in [1.54, 1.807) is 4.90 Å². The fraction of sp³-hybridized carbons (Fsp3) is 0.600. The summed E-state index contributed by atoms with van der Waals surface area (Å²) in [5, 5.41) is 0.618. The van der Waals surface area contributed by atoms with Gasteiger partial charge in [0.25, 0.3) is 0 Å². The summed E-state index contributed by atoms with van der Waals surface area (Å²) in [6.07, 6.45) is 1.88. The maximum Gasteiger partial charge on any atom is 0.244 e. The molecular formula is C20H30N4O4S2. The number of benzene rings is 1. The van der Waals surface area contributed by atoms with Crippen molar-refractivity contribution >= 4 is 42.6 Å². The highest BCUT2D eigenvalue weighted by molar-refractivity contribution is 7.88. The number of anilines is 1. The number of thiazole rings is 1. The molecule has 1 fully saturated rings. The van der Waals surface area contributed by atoms with Crippen LogP contribution in [-0.2, 0) is 19.6 Å². The number of sulfonamides is 1. The molecule has 3 rings (SSSR count). The normalized spacial score (nSPS) is 15.8. The van der Waals surface area contributed by atoms with Crippen LogP contribution < -0.4 is 4.90 Å². The lowest BCUT2D eigenvalue weighted by Crippen LogP contribution is -2.43. The Labute approximate surface area is 182 Å². The van der Waals surface area contributed by atoms with Crippen molar-refractivity contribution in [1.82, 2.24) is 14.2 Å². The average molecular weight is 455 g/mol. The summed E-state index contributed by atoms with van der Waals surface area (Å²) >= 11 is 1.47. The van der Waals surface area contributed by atoms with Crippen LogP contribution in [-0.4, -0.2) is 87.8 Å². The fourth-order valence-electron chi connectivity index (χ4n) is 3.33. The van der Waals surface area contributed by atoms with Gasteiger partial charge in [-0.3, -0.25) is 14.6 Å². The van der Waals surface area contributed by atoms with Crippen LogP contribution in [0.3, 0.4) is 0 Å². The summed E-state index contributed by atoms with van der Waals surface area (Å²) in [6.45, 7) is 8.47. The van der Waals surface area contributed by atoms with Crippen LogP contribution in [0.15, 0.2) is 12.1 Å². The Bertz CT molecular complexity index is 1000. The van der Waals surface area contributed by atoms with Crippen molar-refractivity contribution in [2.24, 2.45) is 0 Å². The first-order valence-corrected chi connectivity index (χ1v) is 12.7. The average Bonchev–Trinajstić information content (AvgIpc) is 3.12. The second kappa shape index (κ2) is 9.69. The lowest BCUT2D eigenvalue weighted by atomic mass is 10.1. The van der Waals surface area contributed by atoms with Gasteiger partial charge in [-0.2, -0.15) is 4.31 Å². The zero-order valence-electron chi connectivity index (χ0n) is 18.0. The van der Waals surface area contributed by atoms with Crippen molar-refractivity contribution in [1.29, 1.82) is 0 Å². The summed E-state index contributed by atoms with van der Waals surface area (Å²) in [6, 6.07) is 4.08. The zero-order chi connectivity index (χ0) is 21.9. The summed E-state index contributed by atoms with van der Waals surface area (Å²) in [5.74, 6) is -0.265. The molecule has 1 amide bonds. The summed E-state index contributed by atoms with van der Waals surface area (Å²) in [7, 11) is -2.02. The van der Waals surface area contributed by atoms with Gasteiger partial charge in [-0.15, -0.1) is 0 Å². The lowest BCUT2D eigenvalue weighted by Gasteiger charge is -2.28. The highest BCUT2D eigenvalue weighted by Gasteiger charge is 2.24. The minimum atomic E-state index is -3.44. The number of hydrogen-bond acceptors (Lipinski definition) is 7. The van der Waals surface area contributed by atoms with E-state index in [4.69, 9.17) is 9.72 Å². The van der Waals surface area contributed by atoms with E-state index < -0.39 is 10.0 Å². The van der Waals surface area contributed by atoms with Crippen LogP contribution in [0, 0.1) is 13.8 Å². The molecule has 10 heteroatoms.